The van der Waals surface area contributed by atoms with E-state index in [0.717, 1.165) is 13.1 Å². The molecule has 0 atom stereocenters. The second-order valence-corrected chi connectivity index (χ2v) is 3.22. The maximum atomic E-state index is 3.30. The average Bonchev–Trinajstić information content (AvgIpc) is 1.85. The van der Waals surface area contributed by atoms with Crippen LogP contribution in [0.15, 0.2) is 23.3 Å². The molecule has 0 rings (SSSR count). The standard InChI is InChI=1S/C10H19N/c1-9(2)5-7-11-8-6-10(3)4/h5-6,11H,7-8H2,1-4H3. The summed E-state index contributed by atoms with van der Waals surface area (Å²) < 4.78 is 0. The summed E-state index contributed by atoms with van der Waals surface area (Å²) in [6.07, 6.45) is 4.39. The van der Waals surface area contributed by atoms with Crippen molar-refractivity contribution in [2.75, 3.05) is 13.1 Å². The highest BCUT2D eigenvalue weighted by molar-refractivity contribution is 4.97. The molecule has 0 aromatic carbocycles. The molecule has 0 spiro atoms. The SMILES string of the molecule is CC(C)=CCNCC=C(C)C. The molecule has 1 heteroatoms. The Hall–Kier alpha value is -0.560. The van der Waals surface area contributed by atoms with Crippen molar-refractivity contribution in [3.05, 3.63) is 23.3 Å². The smallest absolute Gasteiger partial charge is 0.0140 e. The third-order valence-electron chi connectivity index (χ3n) is 1.31. The minimum absolute atomic E-state index is 0.978. The van der Waals surface area contributed by atoms with Gasteiger partial charge in [-0.25, -0.2) is 0 Å². The molecule has 0 amide bonds. The Bertz CT molecular complexity index is 128. The molecule has 0 heterocycles. The fourth-order valence-corrected chi connectivity index (χ4v) is 0.636. The zero-order valence-electron chi connectivity index (χ0n) is 8.07. The first-order valence-corrected chi connectivity index (χ1v) is 4.10. The van der Waals surface area contributed by atoms with Crippen LogP contribution in [0, 0.1) is 0 Å². The summed E-state index contributed by atoms with van der Waals surface area (Å²) in [5, 5.41) is 3.30. The van der Waals surface area contributed by atoms with E-state index in [1.54, 1.807) is 0 Å². The van der Waals surface area contributed by atoms with Crippen LogP contribution in [0.3, 0.4) is 0 Å². The average molecular weight is 153 g/mol. The molecular weight excluding hydrogens is 134 g/mol. The van der Waals surface area contributed by atoms with Crippen LogP contribution in [-0.4, -0.2) is 13.1 Å². The molecule has 0 aliphatic heterocycles. The highest BCUT2D eigenvalue weighted by atomic mass is 14.8. The van der Waals surface area contributed by atoms with Gasteiger partial charge in [0.05, 0.1) is 0 Å². The van der Waals surface area contributed by atoms with Gasteiger partial charge in [-0.2, -0.15) is 0 Å². The lowest BCUT2D eigenvalue weighted by Gasteiger charge is -1.96. The molecular formula is C10H19N. The maximum absolute atomic E-state index is 3.30. The molecule has 0 radical (unpaired) electrons. The molecule has 0 aliphatic carbocycles. The zero-order valence-corrected chi connectivity index (χ0v) is 8.07. The minimum Gasteiger partial charge on any atom is -0.310 e. The molecule has 0 bridgehead atoms. The first-order valence-electron chi connectivity index (χ1n) is 4.10. The van der Waals surface area contributed by atoms with Crippen molar-refractivity contribution in [2.45, 2.75) is 27.7 Å². The predicted molar refractivity (Wildman–Crippen MR) is 51.7 cm³/mol. The van der Waals surface area contributed by atoms with E-state index in [4.69, 9.17) is 0 Å². The Labute approximate surface area is 70.2 Å². The topological polar surface area (TPSA) is 12.0 Å². The summed E-state index contributed by atoms with van der Waals surface area (Å²) in [4.78, 5) is 0. The Kier molecular flexibility index (Phi) is 5.86. The second kappa shape index (κ2) is 6.17. The van der Waals surface area contributed by atoms with Gasteiger partial charge in [0.25, 0.3) is 0 Å². The molecule has 0 aromatic rings. The monoisotopic (exact) mass is 153 g/mol. The fraction of sp³-hybridized carbons (Fsp3) is 0.600. The van der Waals surface area contributed by atoms with Crippen molar-refractivity contribution in [1.29, 1.82) is 0 Å². The van der Waals surface area contributed by atoms with Gasteiger partial charge in [-0.15, -0.1) is 0 Å². The number of hydrogen-bond acceptors (Lipinski definition) is 1. The largest absolute Gasteiger partial charge is 0.310 e. The number of nitrogens with one attached hydrogen (secondary N) is 1. The molecule has 0 aliphatic rings. The van der Waals surface area contributed by atoms with Crippen molar-refractivity contribution in [2.24, 2.45) is 0 Å². The van der Waals surface area contributed by atoms with Gasteiger partial charge in [-0.3, -0.25) is 0 Å². The summed E-state index contributed by atoms with van der Waals surface area (Å²) in [5.41, 5.74) is 2.74. The Morgan fingerprint density at radius 3 is 1.55 bits per heavy atom. The van der Waals surface area contributed by atoms with Crippen LogP contribution in [0.2, 0.25) is 0 Å². The van der Waals surface area contributed by atoms with Crippen LogP contribution in [0.4, 0.5) is 0 Å². The van der Waals surface area contributed by atoms with Crippen LogP contribution in [-0.2, 0) is 0 Å². The molecule has 0 fully saturated rings. The molecule has 0 aromatic heterocycles. The molecule has 0 unspecified atom stereocenters. The molecule has 0 saturated heterocycles. The zero-order chi connectivity index (χ0) is 8.69. The quantitative estimate of drug-likeness (QED) is 0.483. The summed E-state index contributed by atoms with van der Waals surface area (Å²) in [5.74, 6) is 0. The van der Waals surface area contributed by atoms with Gasteiger partial charge < -0.3 is 5.32 Å². The van der Waals surface area contributed by atoms with Gasteiger partial charge in [0, 0.05) is 13.1 Å². The Morgan fingerprint density at radius 2 is 1.27 bits per heavy atom. The Morgan fingerprint density at radius 1 is 0.909 bits per heavy atom. The number of rotatable bonds is 4. The summed E-state index contributed by atoms with van der Waals surface area (Å²) >= 11 is 0. The van der Waals surface area contributed by atoms with Gasteiger partial charge in [-0.1, -0.05) is 23.3 Å². The van der Waals surface area contributed by atoms with Gasteiger partial charge in [0.1, 0.15) is 0 Å². The van der Waals surface area contributed by atoms with E-state index in [1.165, 1.54) is 11.1 Å². The third-order valence-corrected chi connectivity index (χ3v) is 1.31. The minimum atomic E-state index is 0.978. The van der Waals surface area contributed by atoms with Crippen LogP contribution >= 0.6 is 0 Å². The molecule has 64 valence electrons. The highest BCUT2D eigenvalue weighted by Gasteiger charge is 1.80. The normalized spacial score (nSPS) is 9.09. The van der Waals surface area contributed by atoms with E-state index in [9.17, 15) is 0 Å². The van der Waals surface area contributed by atoms with Crippen LogP contribution in [0.1, 0.15) is 27.7 Å². The van der Waals surface area contributed by atoms with Crippen molar-refractivity contribution >= 4 is 0 Å². The molecule has 1 N–H and O–H groups in total. The third kappa shape index (κ3) is 9.44. The van der Waals surface area contributed by atoms with Crippen molar-refractivity contribution in [3.8, 4) is 0 Å². The molecule has 11 heavy (non-hydrogen) atoms. The van der Waals surface area contributed by atoms with Crippen LogP contribution in [0.5, 0.6) is 0 Å². The lowest BCUT2D eigenvalue weighted by molar-refractivity contribution is 0.834. The van der Waals surface area contributed by atoms with Crippen LogP contribution < -0.4 is 5.32 Å². The van der Waals surface area contributed by atoms with Gasteiger partial charge in [0.15, 0.2) is 0 Å². The van der Waals surface area contributed by atoms with E-state index < -0.39 is 0 Å². The van der Waals surface area contributed by atoms with Crippen LogP contribution in [0.25, 0.3) is 0 Å². The van der Waals surface area contributed by atoms with Gasteiger partial charge >= 0.3 is 0 Å². The van der Waals surface area contributed by atoms with E-state index in [2.05, 4.69) is 45.2 Å². The first-order chi connectivity index (χ1) is 5.13. The summed E-state index contributed by atoms with van der Waals surface area (Å²) in [7, 11) is 0. The Balaban J connectivity index is 3.29. The fourth-order valence-electron chi connectivity index (χ4n) is 0.636. The second-order valence-electron chi connectivity index (χ2n) is 3.22. The van der Waals surface area contributed by atoms with Crippen molar-refractivity contribution < 1.29 is 0 Å². The number of hydrogen-bond donors (Lipinski definition) is 1. The van der Waals surface area contributed by atoms with Crippen molar-refractivity contribution in [3.63, 3.8) is 0 Å². The van der Waals surface area contributed by atoms with Gasteiger partial charge in [-0.05, 0) is 27.7 Å². The predicted octanol–water partition coefficient (Wildman–Crippen LogP) is 2.51. The maximum Gasteiger partial charge on any atom is 0.0140 e. The first kappa shape index (κ1) is 10.4. The van der Waals surface area contributed by atoms with E-state index in [0.29, 0.717) is 0 Å². The number of allylic oxidation sites excluding steroid dienone is 2. The van der Waals surface area contributed by atoms with E-state index >= 15 is 0 Å². The highest BCUT2D eigenvalue weighted by Crippen LogP contribution is 1.87. The lowest BCUT2D eigenvalue weighted by atomic mass is 10.3. The van der Waals surface area contributed by atoms with E-state index in [-0.39, 0.29) is 0 Å². The van der Waals surface area contributed by atoms with Gasteiger partial charge in [0.2, 0.25) is 0 Å². The summed E-state index contributed by atoms with van der Waals surface area (Å²) in [6, 6.07) is 0. The summed E-state index contributed by atoms with van der Waals surface area (Å²) in [6.45, 7) is 10.4. The lowest BCUT2D eigenvalue weighted by Crippen LogP contribution is -2.13. The molecule has 0 saturated carbocycles. The molecule has 1 nitrogen and oxygen atoms in total. The van der Waals surface area contributed by atoms with E-state index in [1.807, 2.05) is 0 Å². The van der Waals surface area contributed by atoms with Crippen molar-refractivity contribution in [1.82, 2.24) is 5.32 Å².